The van der Waals surface area contributed by atoms with Gasteiger partial charge in [0.15, 0.2) is 11.6 Å². The number of rotatable bonds is 2. The van der Waals surface area contributed by atoms with Crippen LogP contribution < -0.4 is 0 Å². The Hall–Kier alpha value is -0.920. The summed E-state index contributed by atoms with van der Waals surface area (Å²) in [5.41, 5.74) is 1.56. The molecule has 2 heteroatoms. The third-order valence-corrected chi connectivity index (χ3v) is 2.57. The highest BCUT2D eigenvalue weighted by Gasteiger charge is 2.17. The first kappa shape index (κ1) is 10.2. The van der Waals surface area contributed by atoms with Gasteiger partial charge >= 0.3 is 0 Å². The molecule has 0 heterocycles. The lowest BCUT2D eigenvalue weighted by Gasteiger charge is -2.05. The zero-order valence-corrected chi connectivity index (χ0v) is 8.35. The molecule has 0 aliphatic heterocycles. The van der Waals surface area contributed by atoms with E-state index in [4.69, 9.17) is 0 Å². The van der Waals surface area contributed by atoms with Crippen molar-refractivity contribution in [3.05, 3.63) is 11.1 Å². The minimum Gasteiger partial charge on any atom is -0.295 e. The molecule has 0 aromatic rings. The van der Waals surface area contributed by atoms with Crippen LogP contribution in [0.15, 0.2) is 11.1 Å². The smallest absolute Gasteiger partial charge is 0.156 e. The maximum absolute atomic E-state index is 11.3. The van der Waals surface area contributed by atoms with E-state index in [1.165, 1.54) is 0 Å². The molecular formula is C11H16O2. The zero-order chi connectivity index (χ0) is 9.84. The molecule has 0 amide bonds. The lowest BCUT2D eigenvalue weighted by molar-refractivity contribution is -0.116. The van der Waals surface area contributed by atoms with E-state index in [9.17, 15) is 9.59 Å². The Bertz CT molecular complexity index is 235. The standard InChI is InChI=1S/C11H16O2/c1-8(12)10-6-4-3-5-7-11(10)9(2)13/h3-7H2,1-2H3. The van der Waals surface area contributed by atoms with Crippen LogP contribution in [0.4, 0.5) is 0 Å². The lowest BCUT2D eigenvalue weighted by atomic mass is 9.98. The number of carbonyl (C=O) groups is 2. The van der Waals surface area contributed by atoms with Gasteiger partial charge in [-0.2, -0.15) is 0 Å². The summed E-state index contributed by atoms with van der Waals surface area (Å²) in [6.45, 7) is 3.12. The van der Waals surface area contributed by atoms with Crippen LogP contribution in [0.1, 0.15) is 46.0 Å². The van der Waals surface area contributed by atoms with E-state index in [1.54, 1.807) is 13.8 Å². The quantitative estimate of drug-likeness (QED) is 0.654. The molecular weight excluding hydrogens is 164 g/mol. The predicted octanol–water partition coefficient (Wildman–Crippen LogP) is 2.43. The molecule has 2 nitrogen and oxygen atoms in total. The van der Waals surface area contributed by atoms with Gasteiger partial charge in [-0.3, -0.25) is 9.59 Å². The average Bonchev–Trinajstić information content (AvgIpc) is 2.27. The van der Waals surface area contributed by atoms with Gasteiger partial charge in [0.1, 0.15) is 0 Å². The van der Waals surface area contributed by atoms with Gasteiger partial charge < -0.3 is 0 Å². The van der Waals surface area contributed by atoms with Gasteiger partial charge in [-0.25, -0.2) is 0 Å². The van der Waals surface area contributed by atoms with Crippen LogP contribution in [0.2, 0.25) is 0 Å². The Morgan fingerprint density at radius 2 is 1.23 bits per heavy atom. The van der Waals surface area contributed by atoms with Crippen LogP contribution in [0.5, 0.6) is 0 Å². The maximum atomic E-state index is 11.3. The monoisotopic (exact) mass is 180 g/mol. The number of ketones is 2. The number of hydrogen-bond acceptors (Lipinski definition) is 2. The second-order valence-corrected chi connectivity index (χ2v) is 3.63. The largest absolute Gasteiger partial charge is 0.295 e. The average molecular weight is 180 g/mol. The third kappa shape index (κ3) is 2.51. The highest BCUT2D eigenvalue weighted by Crippen LogP contribution is 2.24. The summed E-state index contributed by atoms with van der Waals surface area (Å²) < 4.78 is 0. The van der Waals surface area contributed by atoms with Crippen LogP contribution in [-0.2, 0) is 9.59 Å². The minimum absolute atomic E-state index is 0.0760. The maximum Gasteiger partial charge on any atom is 0.156 e. The molecule has 0 aromatic carbocycles. The summed E-state index contributed by atoms with van der Waals surface area (Å²) in [6, 6.07) is 0. The Morgan fingerprint density at radius 3 is 1.54 bits per heavy atom. The Labute approximate surface area is 79.0 Å². The van der Waals surface area contributed by atoms with Crippen molar-refractivity contribution in [2.75, 3.05) is 0 Å². The summed E-state index contributed by atoms with van der Waals surface area (Å²) in [6.07, 6.45) is 4.82. The number of Topliss-reactive ketones (excluding diaryl/α,β-unsaturated/α-hetero) is 2. The fourth-order valence-electron chi connectivity index (χ4n) is 1.86. The third-order valence-electron chi connectivity index (χ3n) is 2.57. The van der Waals surface area contributed by atoms with Gasteiger partial charge in [-0.1, -0.05) is 6.42 Å². The summed E-state index contributed by atoms with van der Waals surface area (Å²) in [7, 11) is 0. The first-order chi connectivity index (χ1) is 6.13. The highest BCUT2D eigenvalue weighted by atomic mass is 16.1. The summed E-state index contributed by atoms with van der Waals surface area (Å²) in [4.78, 5) is 22.5. The Kier molecular flexibility index (Phi) is 3.40. The van der Waals surface area contributed by atoms with Crippen molar-refractivity contribution in [1.29, 1.82) is 0 Å². The molecule has 1 rings (SSSR count). The van der Waals surface area contributed by atoms with Crippen LogP contribution in [0.3, 0.4) is 0 Å². The minimum atomic E-state index is 0.0760. The van der Waals surface area contributed by atoms with Crippen LogP contribution >= 0.6 is 0 Å². The molecule has 0 saturated carbocycles. The van der Waals surface area contributed by atoms with Crippen molar-refractivity contribution in [1.82, 2.24) is 0 Å². The fourth-order valence-corrected chi connectivity index (χ4v) is 1.86. The van der Waals surface area contributed by atoms with E-state index < -0.39 is 0 Å². The second-order valence-electron chi connectivity index (χ2n) is 3.63. The van der Waals surface area contributed by atoms with Crippen molar-refractivity contribution >= 4 is 11.6 Å². The zero-order valence-electron chi connectivity index (χ0n) is 8.35. The van der Waals surface area contributed by atoms with Crippen molar-refractivity contribution in [3.8, 4) is 0 Å². The molecule has 1 aliphatic carbocycles. The first-order valence-electron chi connectivity index (χ1n) is 4.87. The molecule has 0 radical (unpaired) electrons. The van der Waals surface area contributed by atoms with Gasteiger partial charge in [0, 0.05) is 11.1 Å². The Morgan fingerprint density at radius 1 is 0.846 bits per heavy atom. The molecule has 0 N–H and O–H groups in total. The molecule has 0 saturated heterocycles. The van der Waals surface area contributed by atoms with Gasteiger partial charge in [0.05, 0.1) is 0 Å². The first-order valence-corrected chi connectivity index (χ1v) is 4.87. The van der Waals surface area contributed by atoms with Gasteiger partial charge in [-0.05, 0) is 39.5 Å². The van der Waals surface area contributed by atoms with Crippen LogP contribution in [0, 0.1) is 0 Å². The van der Waals surface area contributed by atoms with Crippen molar-refractivity contribution < 1.29 is 9.59 Å². The molecule has 0 atom stereocenters. The molecule has 1 aliphatic rings. The topological polar surface area (TPSA) is 34.1 Å². The van der Waals surface area contributed by atoms with Crippen LogP contribution in [0.25, 0.3) is 0 Å². The normalized spacial score (nSPS) is 18.3. The van der Waals surface area contributed by atoms with Gasteiger partial charge in [0.25, 0.3) is 0 Å². The summed E-state index contributed by atoms with van der Waals surface area (Å²) >= 11 is 0. The van der Waals surface area contributed by atoms with Gasteiger partial charge in [0.2, 0.25) is 0 Å². The van der Waals surface area contributed by atoms with E-state index in [0.29, 0.717) is 0 Å². The van der Waals surface area contributed by atoms with Crippen LogP contribution in [-0.4, -0.2) is 11.6 Å². The second kappa shape index (κ2) is 4.35. The van der Waals surface area contributed by atoms with Crippen molar-refractivity contribution in [3.63, 3.8) is 0 Å². The molecule has 13 heavy (non-hydrogen) atoms. The van der Waals surface area contributed by atoms with E-state index in [0.717, 1.165) is 43.3 Å². The highest BCUT2D eigenvalue weighted by molar-refractivity contribution is 6.04. The molecule has 0 spiro atoms. The number of hydrogen-bond donors (Lipinski definition) is 0. The van der Waals surface area contributed by atoms with Crippen molar-refractivity contribution in [2.45, 2.75) is 46.0 Å². The summed E-state index contributed by atoms with van der Waals surface area (Å²) in [5, 5.41) is 0. The molecule has 72 valence electrons. The Balaban J connectivity index is 2.99. The van der Waals surface area contributed by atoms with E-state index in [1.807, 2.05) is 0 Å². The molecule has 0 aromatic heterocycles. The fraction of sp³-hybridized carbons (Fsp3) is 0.636. The molecule has 0 bridgehead atoms. The van der Waals surface area contributed by atoms with Gasteiger partial charge in [-0.15, -0.1) is 0 Å². The van der Waals surface area contributed by atoms with E-state index in [2.05, 4.69) is 0 Å². The van der Waals surface area contributed by atoms with E-state index in [-0.39, 0.29) is 11.6 Å². The SMILES string of the molecule is CC(=O)C1=C(C(C)=O)CCCCC1. The predicted molar refractivity (Wildman–Crippen MR) is 51.5 cm³/mol. The number of allylic oxidation sites excluding steroid dienone is 2. The van der Waals surface area contributed by atoms with Crippen molar-refractivity contribution in [2.24, 2.45) is 0 Å². The van der Waals surface area contributed by atoms with E-state index >= 15 is 0 Å². The molecule has 0 fully saturated rings. The molecule has 0 unspecified atom stereocenters. The number of carbonyl (C=O) groups excluding carboxylic acids is 2. The lowest BCUT2D eigenvalue weighted by Crippen LogP contribution is -2.06. The summed E-state index contributed by atoms with van der Waals surface area (Å²) in [5.74, 6) is 0.152.